The molecule has 0 amide bonds. The minimum atomic E-state index is -0.261. The third-order valence-corrected chi connectivity index (χ3v) is 5.33. The zero-order valence-corrected chi connectivity index (χ0v) is 15.7. The van der Waals surface area contributed by atoms with Gasteiger partial charge in [0.05, 0.1) is 5.71 Å². The Morgan fingerprint density at radius 1 is 0.962 bits per heavy atom. The van der Waals surface area contributed by atoms with E-state index in [1.54, 1.807) is 24.3 Å². The highest BCUT2D eigenvalue weighted by atomic mass is 35.5. The lowest BCUT2D eigenvalue weighted by Crippen LogP contribution is -2.29. The van der Waals surface area contributed by atoms with Gasteiger partial charge < -0.3 is 0 Å². The van der Waals surface area contributed by atoms with E-state index in [1.807, 2.05) is 24.3 Å². The first-order valence-electron chi connectivity index (χ1n) is 7.80. The number of benzene rings is 2. The van der Waals surface area contributed by atoms with Crippen LogP contribution in [0.25, 0.3) is 0 Å². The second-order valence-electron chi connectivity index (χ2n) is 5.69. The molecular weight excluding hydrogens is 391 g/mol. The van der Waals surface area contributed by atoms with Crippen LogP contribution in [-0.2, 0) is 6.42 Å². The minimum Gasteiger partial charge on any atom is -0.265 e. The SMILES string of the molecule is O=c1c(Cc2ccc(Cl)cc2)nnc2n1N=C(c1ccc(Cl)cc1)CS2. The van der Waals surface area contributed by atoms with Gasteiger partial charge in [0.2, 0.25) is 5.16 Å². The average molecular weight is 403 g/mol. The Labute approximate surface area is 163 Å². The van der Waals surface area contributed by atoms with Crippen LogP contribution in [0.5, 0.6) is 0 Å². The van der Waals surface area contributed by atoms with Crippen LogP contribution in [0.2, 0.25) is 10.0 Å². The zero-order valence-electron chi connectivity index (χ0n) is 13.4. The highest BCUT2D eigenvalue weighted by Crippen LogP contribution is 2.22. The van der Waals surface area contributed by atoms with Crippen molar-refractivity contribution in [3.63, 3.8) is 0 Å². The van der Waals surface area contributed by atoms with Gasteiger partial charge in [0, 0.05) is 22.2 Å². The molecule has 4 rings (SSSR count). The van der Waals surface area contributed by atoms with Gasteiger partial charge in [-0.05, 0) is 35.4 Å². The molecule has 26 heavy (non-hydrogen) atoms. The first-order chi connectivity index (χ1) is 12.6. The van der Waals surface area contributed by atoms with E-state index < -0.39 is 0 Å². The molecule has 1 aliphatic heterocycles. The second kappa shape index (κ2) is 7.23. The van der Waals surface area contributed by atoms with Crippen LogP contribution in [0.1, 0.15) is 16.8 Å². The molecule has 0 spiro atoms. The van der Waals surface area contributed by atoms with Crippen molar-refractivity contribution in [2.24, 2.45) is 5.10 Å². The van der Waals surface area contributed by atoms with Crippen molar-refractivity contribution in [3.05, 3.63) is 85.8 Å². The maximum Gasteiger partial charge on any atom is 0.297 e. The maximum atomic E-state index is 12.8. The number of nitrogens with zero attached hydrogens (tertiary/aromatic N) is 4. The van der Waals surface area contributed by atoms with E-state index in [9.17, 15) is 4.79 Å². The lowest BCUT2D eigenvalue weighted by molar-refractivity contribution is 0.622. The quantitative estimate of drug-likeness (QED) is 0.666. The summed E-state index contributed by atoms with van der Waals surface area (Å²) in [6.07, 6.45) is 0.375. The van der Waals surface area contributed by atoms with Gasteiger partial charge in [0.1, 0.15) is 5.69 Å². The molecule has 2 aromatic carbocycles. The summed E-state index contributed by atoms with van der Waals surface area (Å²) in [6, 6.07) is 14.7. The molecule has 3 aromatic rings. The number of hydrogen-bond acceptors (Lipinski definition) is 5. The van der Waals surface area contributed by atoms with E-state index in [-0.39, 0.29) is 5.56 Å². The maximum absolute atomic E-state index is 12.8. The highest BCUT2D eigenvalue weighted by Gasteiger charge is 2.19. The van der Waals surface area contributed by atoms with E-state index in [1.165, 1.54) is 16.4 Å². The van der Waals surface area contributed by atoms with Crippen LogP contribution in [-0.4, -0.2) is 26.3 Å². The summed E-state index contributed by atoms with van der Waals surface area (Å²) in [6.45, 7) is 0. The summed E-state index contributed by atoms with van der Waals surface area (Å²) in [4.78, 5) is 12.8. The number of halogens is 2. The van der Waals surface area contributed by atoms with E-state index in [4.69, 9.17) is 23.2 Å². The van der Waals surface area contributed by atoms with Gasteiger partial charge in [-0.1, -0.05) is 59.2 Å². The molecule has 0 bridgehead atoms. The molecule has 8 heteroatoms. The zero-order chi connectivity index (χ0) is 18.1. The molecule has 2 heterocycles. The normalized spacial score (nSPS) is 13.2. The lowest BCUT2D eigenvalue weighted by atomic mass is 10.1. The van der Waals surface area contributed by atoms with Crippen LogP contribution in [0, 0.1) is 0 Å². The van der Waals surface area contributed by atoms with Crippen molar-refractivity contribution in [1.29, 1.82) is 0 Å². The van der Waals surface area contributed by atoms with Gasteiger partial charge in [-0.15, -0.1) is 10.2 Å². The lowest BCUT2D eigenvalue weighted by Gasteiger charge is -2.15. The Kier molecular flexibility index (Phi) is 4.80. The number of fused-ring (bicyclic) bond motifs is 1. The van der Waals surface area contributed by atoms with Gasteiger partial charge in [0.25, 0.3) is 5.56 Å². The summed E-state index contributed by atoms with van der Waals surface area (Å²) in [5.41, 5.74) is 2.75. The van der Waals surface area contributed by atoms with Crippen molar-refractivity contribution < 1.29 is 0 Å². The molecule has 0 atom stereocenters. The van der Waals surface area contributed by atoms with Gasteiger partial charge in [0.15, 0.2) is 0 Å². The summed E-state index contributed by atoms with van der Waals surface area (Å²) >= 11 is 13.3. The van der Waals surface area contributed by atoms with Crippen molar-refractivity contribution in [2.45, 2.75) is 11.6 Å². The summed E-state index contributed by atoms with van der Waals surface area (Å²) in [5.74, 6) is 0.617. The highest BCUT2D eigenvalue weighted by molar-refractivity contribution is 7.99. The molecule has 0 saturated carbocycles. The largest absolute Gasteiger partial charge is 0.297 e. The average Bonchev–Trinajstić information content (AvgIpc) is 2.66. The van der Waals surface area contributed by atoms with Crippen molar-refractivity contribution in [3.8, 4) is 0 Å². The fraction of sp³-hybridized carbons (Fsp3) is 0.111. The van der Waals surface area contributed by atoms with Gasteiger partial charge in [-0.25, -0.2) is 0 Å². The fourth-order valence-electron chi connectivity index (χ4n) is 2.55. The molecule has 0 saturated heterocycles. The van der Waals surface area contributed by atoms with Crippen LogP contribution in [0.3, 0.4) is 0 Å². The monoisotopic (exact) mass is 402 g/mol. The van der Waals surface area contributed by atoms with Crippen molar-refractivity contribution in [2.75, 3.05) is 5.75 Å². The Hall–Kier alpha value is -2.15. The molecule has 5 nitrogen and oxygen atoms in total. The summed E-state index contributed by atoms with van der Waals surface area (Å²) < 4.78 is 1.33. The Morgan fingerprint density at radius 2 is 1.62 bits per heavy atom. The summed E-state index contributed by atoms with van der Waals surface area (Å²) in [5, 5.41) is 14.5. The standard InChI is InChI=1S/C18H12Cl2N4OS/c19-13-5-1-11(2-6-13)9-15-17(25)24-18(22-21-15)26-10-16(23-24)12-3-7-14(20)8-4-12/h1-8H,9-10H2. The van der Waals surface area contributed by atoms with Gasteiger partial charge >= 0.3 is 0 Å². The first kappa shape index (κ1) is 17.3. The number of aromatic nitrogens is 3. The van der Waals surface area contributed by atoms with Crippen LogP contribution in [0.15, 0.2) is 63.6 Å². The number of thioether (sulfide) groups is 1. The molecule has 1 aromatic heterocycles. The van der Waals surface area contributed by atoms with Gasteiger partial charge in [-0.2, -0.15) is 9.78 Å². The smallest absolute Gasteiger partial charge is 0.265 e. The van der Waals surface area contributed by atoms with Crippen LogP contribution >= 0.6 is 35.0 Å². The molecule has 1 aliphatic rings. The van der Waals surface area contributed by atoms with Crippen molar-refractivity contribution in [1.82, 2.24) is 14.9 Å². The molecule has 130 valence electrons. The van der Waals surface area contributed by atoms with Gasteiger partial charge in [-0.3, -0.25) is 4.79 Å². The molecule has 0 N–H and O–H groups in total. The molecule has 0 fully saturated rings. The van der Waals surface area contributed by atoms with Crippen LogP contribution in [0.4, 0.5) is 0 Å². The van der Waals surface area contributed by atoms with Crippen molar-refractivity contribution >= 4 is 40.7 Å². The molecular formula is C18H12Cl2N4OS. The predicted molar refractivity (Wildman–Crippen MR) is 105 cm³/mol. The predicted octanol–water partition coefficient (Wildman–Crippen LogP) is 3.89. The van der Waals surface area contributed by atoms with E-state index >= 15 is 0 Å². The number of hydrogen-bond donors (Lipinski definition) is 0. The van der Waals surface area contributed by atoms with E-state index in [2.05, 4.69) is 15.3 Å². The van der Waals surface area contributed by atoms with Crippen LogP contribution < -0.4 is 5.56 Å². The fourth-order valence-corrected chi connectivity index (χ4v) is 3.63. The second-order valence-corrected chi connectivity index (χ2v) is 7.51. The topological polar surface area (TPSA) is 60.1 Å². The van der Waals surface area contributed by atoms with E-state index in [0.717, 1.165) is 16.8 Å². The Morgan fingerprint density at radius 3 is 2.31 bits per heavy atom. The molecule has 0 unspecified atom stereocenters. The first-order valence-corrected chi connectivity index (χ1v) is 9.54. The minimum absolute atomic E-state index is 0.261. The Balaban J connectivity index is 1.70. The van der Waals surface area contributed by atoms with E-state index in [0.29, 0.717) is 33.1 Å². The Bertz CT molecular complexity index is 1050. The molecule has 0 radical (unpaired) electrons. The summed E-state index contributed by atoms with van der Waals surface area (Å²) in [7, 11) is 0. The number of rotatable bonds is 3. The third kappa shape index (κ3) is 3.53. The molecule has 0 aliphatic carbocycles. The third-order valence-electron chi connectivity index (χ3n) is 3.90.